The van der Waals surface area contributed by atoms with E-state index in [0.29, 0.717) is 0 Å². The number of carbonyl (C=O) groups excluding carboxylic acids is 1. The third kappa shape index (κ3) is 2.96. The first-order chi connectivity index (χ1) is 11.7. The van der Waals surface area contributed by atoms with E-state index >= 15 is 0 Å². The molecule has 4 atom stereocenters. The number of aliphatic hydroxyl groups is 2. The molecule has 1 aliphatic heterocycles. The summed E-state index contributed by atoms with van der Waals surface area (Å²) in [5, 5.41) is 21.0. The minimum Gasteiger partial charge on any atom is -0.394 e. The van der Waals surface area contributed by atoms with Gasteiger partial charge in [0.1, 0.15) is 30.1 Å². The number of hydrogen-bond acceptors (Lipinski definition) is 8. The molecule has 0 radical (unpaired) electrons. The summed E-state index contributed by atoms with van der Waals surface area (Å²) in [5.41, 5.74) is 5.95. The van der Waals surface area contributed by atoms with Gasteiger partial charge in [-0.2, -0.15) is 13.2 Å². The van der Waals surface area contributed by atoms with Crippen molar-refractivity contribution >= 4 is 22.9 Å². The number of anilines is 1. The molecule has 3 rings (SSSR count). The molecule has 2 aromatic heterocycles. The molecular weight excluding hydrogens is 349 g/mol. The molecule has 0 spiro atoms. The molecule has 1 saturated heterocycles. The van der Waals surface area contributed by atoms with E-state index in [1.54, 1.807) is 5.32 Å². The number of fused-ring (bicyclic) bond motifs is 1. The summed E-state index contributed by atoms with van der Waals surface area (Å²) in [6, 6.07) is -1.50. The number of aromatic nitrogens is 4. The summed E-state index contributed by atoms with van der Waals surface area (Å²) in [5.74, 6) is -2.21. The summed E-state index contributed by atoms with van der Waals surface area (Å²) >= 11 is 0. The van der Waals surface area contributed by atoms with Gasteiger partial charge in [0.05, 0.1) is 12.9 Å². The molecule has 136 valence electrons. The number of carbonyl (C=O) groups is 1. The maximum atomic E-state index is 12.5. The highest BCUT2D eigenvalue weighted by Crippen LogP contribution is 2.32. The van der Waals surface area contributed by atoms with Gasteiger partial charge in [-0.05, 0) is 0 Å². The Morgan fingerprint density at radius 3 is 2.76 bits per heavy atom. The standard InChI is InChI=1S/C12H13F3N6O4/c13-12(14,15)11(24)20-5-7(23)4(1-22)25-10(5)21-3-19-6-8(16)17-2-18-9(6)21/h2-5,7,10,22-23H,1H2,(H,20,24)(H2,16,17,18)/t4-,5-,7-,10-/m1/s1. The smallest absolute Gasteiger partial charge is 0.394 e. The van der Waals surface area contributed by atoms with Crippen molar-refractivity contribution in [3.8, 4) is 0 Å². The van der Waals surface area contributed by atoms with Gasteiger partial charge in [-0.3, -0.25) is 9.36 Å². The van der Waals surface area contributed by atoms with Crippen LogP contribution in [0.2, 0.25) is 0 Å². The van der Waals surface area contributed by atoms with Crippen molar-refractivity contribution in [2.24, 2.45) is 0 Å². The number of ether oxygens (including phenoxy) is 1. The van der Waals surface area contributed by atoms with E-state index in [2.05, 4.69) is 15.0 Å². The van der Waals surface area contributed by atoms with Gasteiger partial charge in [-0.25, -0.2) is 15.0 Å². The Morgan fingerprint density at radius 2 is 2.12 bits per heavy atom. The number of nitrogens with one attached hydrogen (secondary N) is 1. The molecule has 1 fully saturated rings. The molecule has 0 bridgehead atoms. The first-order valence-corrected chi connectivity index (χ1v) is 6.99. The van der Waals surface area contributed by atoms with Crippen LogP contribution in [0.3, 0.4) is 0 Å². The number of imidazole rings is 1. The number of nitrogen functional groups attached to an aromatic ring is 1. The third-order valence-corrected chi connectivity index (χ3v) is 3.77. The van der Waals surface area contributed by atoms with Gasteiger partial charge >= 0.3 is 12.1 Å². The Hall–Kier alpha value is -2.51. The Morgan fingerprint density at radius 1 is 1.40 bits per heavy atom. The van der Waals surface area contributed by atoms with Crippen LogP contribution in [0, 0.1) is 0 Å². The van der Waals surface area contributed by atoms with E-state index in [0.717, 1.165) is 6.33 Å². The van der Waals surface area contributed by atoms with Crippen LogP contribution < -0.4 is 11.1 Å². The normalized spacial score (nSPS) is 26.9. The average molecular weight is 362 g/mol. The largest absolute Gasteiger partial charge is 0.471 e. The minimum absolute atomic E-state index is 0.0388. The van der Waals surface area contributed by atoms with Gasteiger partial charge in [0.25, 0.3) is 0 Å². The first kappa shape index (κ1) is 17.3. The van der Waals surface area contributed by atoms with Crippen molar-refractivity contribution in [2.45, 2.75) is 30.7 Å². The summed E-state index contributed by atoms with van der Waals surface area (Å²) in [6.45, 7) is -0.667. The molecule has 1 amide bonds. The van der Waals surface area contributed by atoms with Gasteiger partial charge in [-0.1, -0.05) is 0 Å². The number of alkyl halides is 3. The molecule has 13 heteroatoms. The number of nitrogens with two attached hydrogens (primary N) is 1. The van der Waals surface area contributed by atoms with Crippen molar-refractivity contribution < 1.29 is 32.9 Å². The number of halogens is 3. The molecule has 2 aromatic rings. The lowest BCUT2D eigenvalue weighted by Gasteiger charge is -2.23. The SMILES string of the molecule is Nc1ncnc2c1ncn2[C@@H]1O[C@H](CO)[C@@H](O)[C@H]1NC(=O)C(F)(F)F. The lowest BCUT2D eigenvalue weighted by molar-refractivity contribution is -0.175. The molecule has 0 saturated carbocycles. The van der Waals surface area contributed by atoms with Crippen LogP contribution in [0.1, 0.15) is 6.23 Å². The second-order valence-corrected chi connectivity index (χ2v) is 5.32. The molecule has 25 heavy (non-hydrogen) atoms. The fourth-order valence-electron chi connectivity index (χ4n) is 2.58. The highest BCUT2D eigenvalue weighted by molar-refractivity contribution is 5.82. The second kappa shape index (κ2) is 6.09. The predicted octanol–water partition coefficient (Wildman–Crippen LogP) is -1.29. The van der Waals surface area contributed by atoms with Crippen LogP contribution in [0.4, 0.5) is 19.0 Å². The van der Waals surface area contributed by atoms with Crippen LogP contribution in [-0.2, 0) is 9.53 Å². The molecule has 10 nitrogen and oxygen atoms in total. The molecule has 1 aliphatic rings. The second-order valence-electron chi connectivity index (χ2n) is 5.32. The number of rotatable bonds is 3. The van der Waals surface area contributed by atoms with Crippen LogP contribution in [0.5, 0.6) is 0 Å². The fraction of sp³-hybridized carbons (Fsp3) is 0.500. The summed E-state index contributed by atoms with van der Waals surface area (Å²) < 4.78 is 44.2. The Balaban J connectivity index is 1.99. The number of hydrogen-bond donors (Lipinski definition) is 4. The molecule has 5 N–H and O–H groups in total. The van der Waals surface area contributed by atoms with E-state index in [-0.39, 0.29) is 17.0 Å². The maximum absolute atomic E-state index is 12.5. The van der Waals surface area contributed by atoms with Gasteiger partial charge in [0.2, 0.25) is 0 Å². The minimum atomic E-state index is -5.15. The first-order valence-electron chi connectivity index (χ1n) is 6.99. The van der Waals surface area contributed by atoms with Crippen LogP contribution in [0.15, 0.2) is 12.7 Å². The van der Waals surface area contributed by atoms with Crippen molar-refractivity contribution in [3.05, 3.63) is 12.7 Å². The van der Waals surface area contributed by atoms with Crippen molar-refractivity contribution in [1.82, 2.24) is 24.8 Å². The Bertz CT molecular complexity index is 797. The van der Waals surface area contributed by atoms with Crippen LogP contribution >= 0.6 is 0 Å². The number of nitrogens with zero attached hydrogens (tertiary/aromatic N) is 4. The van der Waals surface area contributed by atoms with Gasteiger partial charge in [0, 0.05) is 0 Å². The highest BCUT2D eigenvalue weighted by Gasteiger charge is 2.49. The van der Waals surface area contributed by atoms with E-state index < -0.39 is 43.2 Å². The summed E-state index contributed by atoms with van der Waals surface area (Å²) in [6.07, 6.45) is -6.94. The zero-order chi connectivity index (χ0) is 18.4. The quantitative estimate of drug-likeness (QED) is 0.527. The van der Waals surface area contributed by atoms with Crippen molar-refractivity contribution in [3.63, 3.8) is 0 Å². The van der Waals surface area contributed by atoms with Crippen LogP contribution in [0.25, 0.3) is 11.2 Å². The molecule has 0 unspecified atom stereocenters. The third-order valence-electron chi connectivity index (χ3n) is 3.77. The Labute approximate surface area is 137 Å². The lowest BCUT2D eigenvalue weighted by atomic mass is 10.1. The summed E-state index contributed by atoms with van der Waals surface area (Å²) in [7, 11) is 0. The van der Waals surface area contributed by atoms with E-state index in [4.69, 9.17) is 10.5 Å². The van der Waals surface area contributed by atoms with Crippen molar-refractivity contribution in [1.29, 1.82) is 0 Å². The number of aliphatic hydroxyl groups excluding tert-OH is 2. The lowest BCUT2D eigenvalue weighted by Crippen LogP contribution is -2.50. The summed E-state index contributed by atoms with van der Waals surface area (Å²) in [4.78, 5) is 22.9. The van der Waals surface area contributed by atoms with Gasteiger partial charge in [-0.15, -0.1) is 0 Å². The topological polar surface area (TPSA) is 148 Å². The fourth-order valence-corrected chi connectivity index (χ4v) is 2.58. The highest BCUT2D eigenvalue weighted by atomic mass is 19.4. The monoisotopic (exact) mass is 362 g/mol. The molecule has 0 aromatic carbocycles. The molecule has 0 aliphatic carbocycles. The van der Waals surface area contributed by atoms with E-state index in [1.165, 1.54) is 10.9 Å². The van der Waals surface area contributed by atoms with Gasteiger partial charge < -0.3 is 26.0 Å². The zero-order valence-corrected chi connectivity index (χ0v) is 12.4. The van der Waals surface area contributed by atoms with E-state index in [9.17, 15) is 28.2 Å². The Kier molecular flexibility index (Phi) is 4.22. The predicted molar refractivity (Wildman–Crippen MR) is 74.7 cm³/mol. The average Bonchev–Trinajstić information content (AvgIpc) is 3.09. The molecular formula is C12H13F3N6O4. The van der Waals surface area contributed by atoms with Crippen LogP contribution in [-0.4, -0.2) is 66.7 Å². The maximum Gasteiger partial charge on any atom is 0.471 e. The van der Waals surface area contributed by atoms with Gasteiger partial charge in [0.15, 0.2) is 17.7 Å². The van der Waals surface area contributed by atoms with Crippen molar-refractivity contribution in [2.75, 3.05) is 12.3 Å². The zero-order valence-electron chi connectivity index (χ0n) is 12.4. The number of amides is 1. The van der Waals surface area contributed by atoms with E-state index in [1.807, 2.05) is 0 Å². The molecule has 3 heterocycles.